The number of aromatic nitrogens is 1. The van der Waals surface area contributed by atoms with Crippen LogP contribution in [0.25, 0.3) is 0 Å². The van der Waals surface area contributed by atoms with Gasteiger partial charge in [-0.15, -0.1) is 0 Å². The van der Waals surface area contributed by atoms with Gasteiger partial charge in [-0.25, -0.2) is 4.79 Å². The molecule has 3 rings (SSSR count). The SMILES string of the molecule is CNC(=O)c1cc(Oc2ccc(CNC(=O)Nc3ccc(Cl)cc3Cl)cc2)ccn1. The zero-order valence-electron chi connectivity index (χ0n) is 15.9. The monoisotopic (exact) mass is 444 g/mol. The van der Waals surface area contributed by atoms with Crippen molar-refractivity contribution in [2.45, 2.75) is 6.54 Å². The van der Waals surface area contributed by atoms with Crippen LogP contribution in [-0.2, 0) is 6.54 Å². The molecule has 3 amide bonds. The summed E-state index contributed by atoms with van der Waals surface area (Å²) in [4.78, 5) is 27.7. The predicted octanol–water partition coefficient (Wildman–Crippen LogP) is 4.86. The van der Waals surface area contributed by atoms with E-state index in [1.165, 1.54) is 13.2 Å². The number of urea groups is 1. The first kappa shape index (κ1) is 21.4. The lowest BCUT2D eigenvalue weighted by atomic mass is 10.2. The molecule has 0 fully saturated rings. The average molecular weight is 445 g/mol. The average Bonchev–Trinajstić information content (AvgIpc) is 2.75. The number of amides is 3. The van der Waals surface area contributed by atoms with Gasteiger partial charge in [0.05, 0.1) is 10.7 Å². The number of pyridine rings is 1. The van der Waals surface area contributed by atoms with Crippen LogP contribution in [0, 0.1) is 0 Å². The Bertz CT molecular complexity index is 1060. The third-order valence-corrected chi connectivity index (χ3v) is 4.53. The first-order valence-corrected chi connectivity index (χ1v) is 9.65. The van der Waals surface area contributed by atoms with Gasteiger partial charge >= 0.3 is 6.03 Å². The number of benzene rings is 2. The molecule has 9 heteroatoms. The van der Waals surface area contributed by atoms with Gasteiger partial charge in [0.15, 0.2) is 0 Å². The molecule has 0 bridgehead atoms. The van der Waals surface area contributed by atoms with Gasteiger partial charge in [0.25, 0.3) is 5.91 Å². The lowest BCUT2D eigenvalue weighted by molar-refractivity contribution is 0.0958. The standard InChI is InChI=1S/C21H18Cl2N4O3/c1-24-20(28)19-11-16(8-9-25-19)30-15-5-2-13(3-6-15)12-26-21(29)27-18-7-4-14(22)10-17(18)23/h2-11H,12H2,1H3,(H,24,28)(H2,26,27,29). The molecule has 2 aromatic carbocycles. The first-order chi connectivity index (χ1) is 14.4. The maximum Gasteiger partial charge on any atom is 0.319 e. The van der Waals surface area contributed by atoms with E-state index in [1.54, 1.807) is 42.5 Å². The molecule has 0 aliphatic rings. The number of carbonyl (C=O) groups is 2. The second-order valence-electron chi connectivity index (χ2n) is 6.13. The van der Waals surface area contributed by atoms with Crippen LogP contribution >= 0.6 is 23.2 Å². The normalized spacial score (nSPS) is 10.2. The summed E-state index contributed by atoms with van der Waals surface area (Å²) in [5.74, 6) is 0.791. The lowest BCUT2D eigenvalue weighted by Gasteiger charge is -2.10. The third kappa shape index (κ3) is 5.85. The molecule has 1 heterocycles. The van der Waals surface area contributed by atoms with E-state index in [-0.39, 0.29) is 11.6 Å². The Hall–Kier alpha value is -3.29. The van der Waals surface area contributed by atoms with E-state index in [0.717, 1.165) is 5.56 Å². The maximum absolute atomic E-state index is 12.1. The fraction of sp³-hybridized carbons (Fsp3) is 0.0952. The Kier molecular flexibility index (Phi) is 7.11. The van der Waals surface area contributed by atoms with Crippen LogP contribution in [0.4, 0.5) is 10.5 Å². The summed E-state index contributed by atoms with van der Waals surface area (Å²) in [7, 11) is 1.54. The summed E-state index contributed by atoms with van der Waals surface area (Å²) in [5, 5.41) is 8.78. The third-order valence-electron chi connectivity index (χ3n) is 3.98. The lowest BCUT2D eigenvalue weighted by Crippen LogP contribution is -2.28. The van der Waals surface area contributed by atoms with Crippen LogP contribution in [0.3, 0.4) is 0 Å². The number of anilines is 1. The van der Waals surface area contributed by atoms with Crippen molar-refractivity contribution < 1.29 is 14.3 Å². The number of ether oxygens (including phenoxy) is 1. The summed E-state index contributed by atoms with van der Waals surface area (Å²) < 4.78 is 5.75. The molecule has 0 spiro atoms. The maximum atomic E-state index is 12.1. The molecule has 0 atom stereocenters. The molecule has 1 aromatic heterocycles. The minimum absolute atomic E-state index is 0.266. The fourth-order valence-corrected chi connectivity index (χ4v) is 2.93. The molecule has 0 aliphatic carbocycles. The van der Waals surface area contributed by atoms with Crippen molar-refractivity contribution >= 4 is 40.8 Å². The highest BCUT2D eigenvalue weighted by Gasteiger charge is 2.08. The quantitative estimate of drug-likeness (QED) is 0.505. The summed E-state index contributed by atoms with van der Waals surface area (Å²) >= 11 is 11.9. The van der Waals surface area contributed by atoms with Gasteiger partial charge in [0.2, 0.25) is 0 Å². The summed E-state index contributed by atoms with van der Waals surface area (Å²) in [6, 6.07) is 14.8. The Labute approximate surface area is 183 Å². The molecule has 0 saturated heterocycles. The van der Waals surface area contributed by atoms with Gasteiger partial charge in [-0.05, 0) is 42.0 Å². The van der Waals surface area contributed by atoms with Gasteiger partial charge in [0, 0.05) is 30.9 Å². The van der Waals surface area contributed by atoms with Crippen LogP contribution in [0.15, 0.2) is 60.8 Å². The molecule has 30 heavy (non-hydrogen) atoms. The predicted molar refractivity (Wildman–Crippen MR) is 116 cm³/mol. The molecule has 154 valence electrons. The van der Waals surface area contributed by atoms with Crippen LogP contribution in [0.2, 0.25) is 10.0 Å². The van der Waals surface area contributed by atoms with Crippen molar-refractivity contribution in [3.63, 3.8) is 0 Å². The van der Waals surface area contributed by atoms with Gasteiger partial charge in [-0.2, -0.15) is 0 Å². The first-order valence-electron chi connectivity index (χ1n) is 8.89. The van der Waals surface area contributed by atoms with Crippen molar-refractivity contribution in [3.05, 3.63) is 82.1 Å². The molecular weight excluding hydrogens is 427 g/mol. The van der Waals surface area contributed by atoms with Crippen molar-refractivity contribution in [1.82, 2.24) is 15.6 Å². The highest BCUT2D eigenvalue weighted by molar-refractivity contribution is 6.36. The van der Waals surface area contributed by atoms with Gasteiger partial charge in [0.1, 0.15) is 17.2 Å². The number of nitrogens with zero attached hydrogens (tertiary/aromatic N) is 1. The van der Waals surface area contributed by atoms with E-state index >= 15 is 0 Å². The minimum Gasteiger partial charge on any atom is -0.457 e. The zero-order chi connectivity index (χ0) is 21.5. The van der Waals surface area contributed by atoms with E-state index in [0.29, 0.717) is 33.8 Å². The topological polar surface area (TPSA) is 92.4 Å². The Morgan fingerprint density at radius 1 is 1.00 bits per heavy atom. The molecule has 0 aliphatic heterocycles. The highest BCUT2D eigenvalue weighted by Crippen LogP contribution is 2.25. The minimum atomic E-state index is -0.391. The zero-order valence-corrected chi connectivity index (χ0v) is 17.4. The van der Waals surface area contributed by atoms with Crippen molar-refractivity contribution in [3.8, 4) is 11.5 Å². The summed E-state index contributed by atoms with van der Waals surface area (Å²) in [6.45, 7) is 0.313. The second-order valence-corrected chi connectivity index (χ2v) is 6.98. The molecule has 7 nitrogen and oxygen atoms in total. The molecule has 0 unspecified atom stereocenters. The van der Waals surface area contributed by atoms with Crippen molar-refractivity contribution in [1.29, 1.82) is 0 Å². The second kappa shape index (κ2) is 9.96. The largest absolute Gasteiger partial charge is 0.457 e. The highest BCUT2D eigenvalue weighted by atomic mass is 35.5. The van der Waals surface area contributed by atoms with Crippen LogP contribution in [0.1, 0.15) is 16.1 Å². The Balaban J connectivity index is 1.54. The van der Waals surface area contributed by atoms with Crippen LogP contribution < -0.4 is 20.7 Å². The number of rotatable bonds is 6. The van der Waals surface area contributed by atoms with Crippen LogP contribution in [-0.4, -0.2) is 24.0 Å². The number of hydrogen-bond donors (Lipinski definition) is 3. The van der Waals surface area contributed by atoms with Crippen molar-refractivity contribution in [2.75, 3.05) is 12.4 Å². The molecule has 3 aromatic rings. The van der Waals surface area contributed by atoms with E-state index in [1.807, 2.05) is 12.1 Å². The molecule has 3 N–H and O–H groups in total. The Morgan fingerprint density at radius 2 is 1.77 bits per heavy atom. The number of hydrogen-bond acceptors (Lipinski definition) is 4. The van der Waals surface area contributed by atoms with E-state index in [4.69, 9.17) is 27.9 Å². The molecule has 0 saturated carbocycles. The number of carbonyl (C=O) groups excluding carboxylic acids is 2. The van der Waals surface area contributed by atoms with E-state index < -0.39 is 6.03 Å². The van der Waals surface area contributed by atoms with Crippen molar-refractivity contribution in [2.24, 2.45) is 0 Å². The van der Waals surface area contributed by atoms with E-state index in [2.05, 4.69) is 20.9 Å². The molecular formula is C21H18Cl2N4O3. The van der Waals surface area contributed by atoms with Gasteiger partial charge in [-0.1, -0.05) is 35.3 Å². The van der Waals surface area contributed by atoms with Gasteiger partial charge < -0.3 is 20.7 Å². The van der Waals surface area contributed by atoms with E-state index in [9.17, 15) is 9.59 Å². The molecule has 0 radical (unpaired) electrons. The Morgan fingerprint density at radius 3 is 2.47 bits per heavy atom. The summed E-state index contributed by atoms with van der Waals surface area (Å²) in [6.07, 6.45) is 1.50. The number of halogens is 2. The van der Waals surface area contributed by atoms with Crippen LogP contribution in [0.5, 0.6) is 11.5 Å². The summed E-state index contributed by atoms with van der Waals surface area (Å²) in [5.41, 5.74) is 1.61. The number of nitrogens with one attached hydrogen (secondary N) is 3. The fourth-order valence-electron chi connectivity index (χ4n) is 2.48. The smallest absolute Gasteiger partial charge is 0.319 e. The van der Waals surface area contributed by atoms with Gasteiger partial charge in [-0.3, -0.25) is 9.78 Å².